The Morgan fingerprint density at radius 2 is 1.97 bits per heavy atom. The van der Waals surface area contributed by atoms with Crippen molar-refractivity contribution in [3.05, 3.63) is 47.4 Å². The summed E-state index contributed by atoms with van der Waals surface area (Å²) in [4.78, 5) is 31.6. The first-order valence-corrected chi connectivity index (χ1v) is 8.93. The molecular formula is C19H18F3N5O4. The van der Waals surface area contributed by atoms with Gasteiger partial charge in [0.15, 0.2) is 17.2 Å². The van der Waals surface area contributed by atoms with Gasteiger partial charge in [-0.3, -0.25) is 9.20 Å². The van der Waals surface area contributed by atoms with E-state index in [1.807, 2.05) is 0 Å². The van der Waals surface area contributed by atoms with Crippen molar-refractivity contribution < 1.29 is 32.6 Å². The summed E-state index contributed by atoms with van der Waals surface area (Å²) in [5.41, 5.74) is 7.02. The van der Waals surface area contributed by atoms with Crippen molar-refractivity contribution in [1.82, 2.24) is 14.4 Å². The molecule has 0 aliphatic rings. The Hall–Kier alpha value is -3.67. The van der Waals surface area contributed by atoms with Gasteiger partial charge in [-0.2, -0.15) is 13.2 Å². The first kappa shape index (κ1) is 22.0. The molecule has 2 aromatic heterocycles. The number of ether oxygens (including phenoxy) is 1. The molecule has 0 bridgehead atoms. The minimum absolute atomic E-state index is 0.0968. The molecule has 9 nitrogen and oxygen atoms in total. The largest absolute Gasteiger partial charge is 0.461 e. The van der Waals surface area contributed by atoms with Gasteiger partial charge in [-0.1, -0.05) is 12.1 Å². The van der Waals surface area contributed by atoms with E-state index in [4.69, 9.17) is 16.2 Å². The van der Waals surface area contributed by atoms with Crippen molar-refractivity contribution in [1.29, 1.82) is 0 Å². The maximum absolute atomic E-state index is 13.5. The average Bonchev–Trinajstić information content (AvgIpc) is 3.11. The van der Waals surface area contributed by atoms with Crippen molar-refractivity contribution in [2.24, 2.45) is 5.73 Å². The van der Waals surface area contributed by atoms with Crippen LogP contribution in [-0.2, 0) is 15.1 Å². The second-order valence-electron chi connectivity index (χ2n) is 6.67. The number of carbonyl (C=O) groups is 2. The number of nitrogens with zero attached hydrogens (tertiary/aromatic N) is 3. The van der Waals surface area contributed by atoms with Crippen LogP contribution in [0.2, 0.25) is 0 Å². The molecule has 0 saturated heterocycles. The molecule has 1 amide bonds. The molecule has 0 radical (unpaired) electrons. The molecule has 12 heteroatoms. The Bertz CT molecular complexity index is 1190. The normalized spacial score (nSPS) is 13.7. The number of halogens is 3. The highest BCUT2D eigenvalue weighted by Crippen LogP contribution is 2.40. The number of nitrogen functional groups attached to an aromatic ring is 1. The maximum Gasteiger partial charge on any atom is 0.430 e. The zero-order valence-electron chi connectivity index (χ0n) is 16.4. The van der Waals surface area contributed by atoms with E-state index in [9.17, 15) is 27.9 Å². The molecular weight excluding hydrogens is 419 g/mol. The first-order valence-electron chi connectivity index (χ1n) is 8.93. The number of rotatable bonds is 5. The Labute approximate surface area is 173 Å². The van der Waals surface area contributed by atoms with E-state index in [1.54, 1.807) is 13.8 Å². The van der Waals surface area contributed by atoms with Gasteiger partial charge in [0.1, 0.15) is 0 Å². The van der Waals surface area contributed by atoms with Gasteiger partial charge in [-0.25, -0.2) is 14.8 Å². The van der Waals surface area contributed by atoms with Crippen LogP contribution in [0, 0.1) is 6.92 Å². The topological polar surface area (TPSA) is 146 Å². The molecule has 3 rings (SSSR count). The maximum atomic E-state index is 13.5. The summed E-state index contributed by atoms with van der Waals surface area (Å²) in [5.74, 6) is -2.82. The lowest BCUT2D eigenvalue weighted by atomic mass is 9.89. The number of aryl methyl sites for hydroxylation is 1. The van der Waals surface area contributed by atoms with Crippen LogP contribution in [0.1, 0.15) is 28.5 Å². The molecule has 31 heavy (non-hydrogen) atoms. The number of hydrogen-bond acceptors (Lipinski definition) is 7. The van der Waals surface area contributed by atoms with E-state index in [1.165, 1.54) is 22.9 Å². The van der Waals surface area contributed by atoms with Crippen LogP contribution in [0.25, 0.3) is 16.9 Å². The number of alkyl halides is 3. The number of fused-ring (bicyclic) bond motifs is 1. The van der Waals surface area contributed by atoms with Crippen LogP contribution in [0.15, 0.2) is 30.6 Å². The van der Waals surface area contributed by atoms with Crippen LogP contribution < -0.4 is 11.5 Å². The molecule has 0 aliphatic heterocycles. The number of carbonyl (C=O) groups excluding carboxylic acids is 2. The summed E-state index contributed by atoms with van der Waals surface area (Å²) in [6.45, 7) is 3.31. The van der Waals surface area contributed by atoms with E-state index >= 15 is 0 Å². The summed E-state index contributed by atoms with van der Waals surface area (Å²) in [6.07, 6.45) is -2.76. The number of hydrogen-bond donors (Lipinski definition) is 3. The van der Waals surface area contributed by atoms with Gasteiger partial charge in [0.25, 0.3) is 11.5 Å². The molecule has 0 spiro atoms. The lowest BCUT2D eigenvalue weighted by Gasteiger charge is -2.28. The van der Waals surface area contributed by atoms with E-state index < -0.39 is 29.2 Å². The van der Waals surface area contributed by atoms with Crippen molar-refractivity contribution >= 4 is 23.3 Å². The minimum atomic E-state index is -5.35. The lowest BCUT2D eigenvalue weighted by molar-refractivity contribution is -0.255. The Kier molecular flexibility index (Phi) is 5.36. The van der Waals surface area contributed by atoms with Crippen LogP contribution in [0.3, 0.4) is 0 Å². The lowest BCUT2D eigenvalue weighted by Crippen LogP contribution is -2.52. The quantitative estimate of drug-likeness (QED) is 0.515. The first-order chi connectivity index (χ1) is 14.4. The average molecular weight is 437 g/mol. The van der Waals surface area contributed by atoms with Crippen LogP contribution in [0.4, 0.5) is 19.0 Å². The molecule has 5 N–H and O–H groups in total. The Morgan fingerprint density at radius 1 is 1.29 bits per heavy atom. The summed E-state index contributed by atoms with van der Waals surface area (Å²) < 4.78 is 46.7. The fourth-order valence-corrected chi connectivity index (χ4v) is 3.08. The molecule has 164 valence electrons. The second-order valence-corrected chi connectivity index (χ2v) is 6.67. The van der Waals surface area contributed by atoms with Gasteiger partial charge < -0.3 is 21.3 Å². The third-order valence-corrected chi connectivity index (χ3v) is 4.70. The number of primary amides is 1. The summed E-state index contributed by atoms with van der Waals surface area (Å²) in [7, 11) is 0. The van der Waals surface area contributed by atoms with Crippen molar-refractivity contribution in [3.8, 4) is 11.3 Å². The Balaban J connectivity index is 2.25. The molecule has 2 heterocycles. The third-order valence-electron chi connectivity index (χ3n) is 4.70. The molecule has 1 atom stereocenters. The number of amides is 1. The highest BCUT2D eigenvalue weighted by atomic mass is 19.4. The predicted octanol–water partition coefficient (Wildman–Crippen LogP) is 1.70. The summed E-state index contributed by atoms with van der Waals surface area (Å²) in [6, 6.07) is 3.23. The smallest absolute Gasteiger partial charge is 0.430 e. The van der Waals surface area contributed by atoms with Gasteiger partial charge in [0, 0.05) is 17.3 Å². The Morgan fingerprint density at radius 3 is 2.55 bits per heavy atom. The van der Waals surface area contributed by atoms with Gasteiger partial charge in [-0.15, -0.1) is 0 Å². The number of benzene rings is 1. The highest BCUT2D eigenvalue weighted by Gasteiger charge is 2.60. The van der Waals surface area contributed by atoms with Gasteiger partial charge >= 0.3 is 12.1 Å². The molecule has 0 aliphatic carbocycles. The second kappa shape index (κ2) is 7.54. The van der Waals surface area contributed by atoms with E-state index in [2.05, 4.69) is 9.97 Å². The van der Waals surface area contributed by atoms with Crippen LogP contribution in [-0.4, -0.2) is 44.1 Å². The zero-order chi connectivity index (χ0) is 23.1. The molecule has 1 unspecified atom stereocenters. The number of aliphatic hydroxyl groups is 1. The van der Waals surface area contributed by atoms with Gasteiger partial charge in [-0.05, 0) is 25.5 Å². The highest BCUT2D eigenvalue weighted by molar-refractivity contribution is 5.89. The standard InChI is InChI=1S/C19H18F3N5O4/c1-3-31-16(28)12-8-27-13(7-25-15(27)14(23)26-12)11-6-10(5-4-9(11)2)18(30,17(24)29)19(20,21)22/h4-8,30H,3H2,1-2H3,(H2,23,26)(H2,24,29). The zero-order valence-corrected chi connectivity index (χ0v) is 16.4. The number of esters is 1. The number of anilines is 1. The van der Waals surface area contributed by atoms with Crippen molar-refractivity contribution in [3.63, 3.8) is 0 Å². The monoisotopic (exact) mass is 437 g/mol. The van der Waals surface area contributed by atoms with Crippen LogP contribution in [0.5, 0.6) is 0 Å². The molecule has 1 aromatic carbocycles. The van der Waals surface area contributed by atoms with Crippen molar-refractivity contribution in [2.45, 2.75) is 25.6 Å². The molecule has 3 aromatic rings. The number of imidazole rings is 1. The van der Waals surface area contributed by atoms with Gasteiger partial charge in [0.05, 0.1) is 18.5 Å². The van der Waals surface area contributed by atoms with Crippen molar-refractivity contribution in [2.75, 3.05) is 12.3 Å². The fourth-order valence-electron chi connectivity index (χ4n) is 3.08. The van der Waals surface area contributed by atoms with E-state index in [0.717, 1.165) is 12.1 Å². The van der Waals surface area contributed by atoms with E-state index in [-0.39, 0.29) is 35.0 Å². The molecule has 0 saturated carbocycles. The van der Waals surface area contributed by atoms with Gasteiger partial charge in [0.2, 0.25) is 0 Å². The summed E-state index contributed by atoms with van der Waals surface area (Å²) >= 11 is 0. The SMILES string of the molecule is CCOC(=O)c1cn2c(-c3cc(C(O)(C(N)=O)C(F)(F)F)ccc3C)cnc2c(N)n1. The fraction of sp³-hybridized carbons (Fsp3) is 0.263. The van der Waals surface area contributed by atoms with Crippen LogP contribution >= 0.6 is 0 Å². The summed E-state index contributed by atoms with van der Waals surface area (Å²) in [5, 5.41) is 10.1. The molecule has 0 fully saturated rings. The number of nitrogens with two attached hydrogens (primary N) is 2. The third kappa shape index (κ3) is 3.54. The number of aromatic nitrogens is 3. The van der Waals surface area contributed by atoms with E-state index in [0.29, 0.717) is 5.56 Å². The minimum Gasteiger partial charge on any atom is -0.461 e. The predicted molar refractivity (Wildman–Crippen MR) is 103 cm³/mol.